The fraction of sp³-hybridized carbons (Fsp3) is 0.500. The van der Waals surface area contributed by atoms with E-state index in [9.17, 15) is 13.2 Å². The Morgan fingerprint density at radius 2 is 2.14 bits per heavy atom. The highest BCUT2D eigenvalue weighted by molar-refractivity contribution is 7.89. The van der Waals surface area contributed by atoms with Gasteiger partial charge in [0.15, 0.2) is 0 Å². The molecule has 0 unspecified atom stereocenters. The number of halogens is 1. The first-order valence-corrected chi connectivity index (χ1v) is 11.1. The largest absolute Gasteiger partial charge is 0.337 e. The van der Waals surface area contributed by atoms with Gasteiger partial charge in [-0.05, 0) is 31.9 Å². The molecule has 1 atom stereocenters. The SMILES string of the molecule is CCS(=O)(=O)N1CCC[C@@H](C(=O)N(C)Cc2nc(-c3ccccc3Cl)no2)C1. The third-order valence-corrected chi connectivity index (χ3v) is 7.00. The molecule has 2 heterocycles. The number of aromatic nitrogens is 2. The topological polar surface area (TPSA) is 96.6 Å². The van der Waals surface area contributed by atoms with E-state index in [1.165, 1.54) is 9.21 Å². The fourth-order valence-electron chi connectivity index (χ4n) is 3.24. The molecule has 1 amide bonds. The zero-order chi connectivity index (χ0) is 20.3. The van der Waals surface area contributed by atoms with Crippen molar-refractivity contribution in [2.45, 2.75) is 26.3 Å². The fourth-order valence-corrected chi connectivity index (χ4v) is 4.64. The minimum Gasteiger partial charge on any atom is -0.337 e. The molecule has 2 aromatic rings. The number of rotatable bonds is 6. The number of piperidine rings is 1. The Morgan fingerprint density at radius 3 is 2.86 bits per heavy atom. The van der Waals surface area contributed by atoms with E-state index in [2.05, 4.69) is 10.1 Å². The molecule has 0 spiro atoms. The molecule has 10 heteroatoms. The van der Waals surface area contributed by atoms with Gasteiger partial charge < -0.3 is 9.42 Å². The van der Waals surface area contributed by atoms with Gasteiger partial charge in [-0.25, -0.2) is 12.7 Å². The molecular formula is C18H23ClN4O4S. The van der Waals surface area contributed by atoms with Crippen LogP contribution < -0.4 is 0 Å². The van der Waals surface area contributed by atoms with Crippen LogP contribution in [0.4, 0.5) is 0 Å². The Hall–Kier alpha value is -1.97. The average Bonchev–Trinajstić information content (AvgIpc) is 3.16. The van der Waals surface area contributed by atoms with E-state index in [0.717, 1.165) is 0 Å². The molecule has 0 radical (unpaired) electrons. The van der Waals surface area contributed by atoms with Crippen molar-refractivity contribution in [2.75, 3.05) is 25.9 Å². The first-order valence-electron chi connectivity index (χ1n) is 9.12. The van der Waals surface area contributed by atoms with Gasteiger partial charge >= 0.3 is 0 Å². The van der Waals surface area contributed by atoms with Crippen LogP contribution in [-0.4, -0.2) is 59.6 Å². The second-order valence-electron chi connectivity index (χ2n) is 6.78. The Kier molecular flexibility index (Phi) is 6.36. The summed E-state index contributed by atoms with van der Waals surface area (Å²) in [6.07, 6.45) is 1.33. The van der Waals surface area contributed by atoms with Crippen molar-refractivity contribution in [3.05, 3.63) is 35.2 Å². The third-order valence-electron chi connectivity index (χ3n) is 4.82. The second kappa shape index (κ2) is 8.59. The van der Waals surface area contributed by atoms with Crippen molar-refractivity contribution in [1.82, 2.24) is 19.3 Å². The van der Waals surface area contributed by atoms with Gasteiger partial charge in [-0.3, -0.25) is 4.79 Å². The highest BCUT2D eigenvalue weighted by Crippen LogP contribution is 2.25. The highest BCUT2D eigenvalue weighted by Gasteiger charge is 2.33. The number of amides is 1. The number of carbonyl (C=O) groups is 1. The van der Waals surface area contributed by atoms with Gasteiger partial charge in [0.25, 0.3) is 0 Å². The predicted octanol–water partition coefficient (Wildman–Crippen LogP) is 2.41. The summed E-state index contributed by atoms with van der Waals surface area (Å²) in [6, 6.07) is 7.16. The Bertz CT molecular complexity index is 947. The van der Waals surface area contributed by atoms with Crippen molar-refractivity contribution in [3.8, 4) is 11.4 Å². The molecule has 1 saturated heterocycles. The smallest absolute Gasteiger partial charge is 0.246 e. The molecule has 1 aliphatic heterocycles. The first-order chi connectivity index (χ1) is 13.3. The van der Waals surface area contributed by atoms with Crippen molar-refractivity contribution < 1.29 is 17.7 Å². The monoisotopic (exact) mass is 426 g/mol. The quantitative estimate of drug-likeness (QED) is 0.703. The molecule has 1 aromatic heterocycles. The summed E-state index contributed by atoms with van der Waals surface area (Å²) in [6.45, 7) is 2.44. The van der Waals surface area contributed by atoms with Crippen LogP contribution >= 0.6 is 11.6 Å². The van der Waals surface area contributed by atoms with Crippen LogP contribution in [0.1, 0.15) is 25.7 Å². The molecule has 0 saturated carbocycles. The molecule has 1 aliphatic rings. The van der Waals surface area contributed by atoms with Gasteiger partial charge in [0.05, 0.1) is 23.2 Å². The molecule has 28 heavy (non-hydrogen) atoms. The zero-order valence-electron chi connectivity index (χ0n) is 15.8. The highest BCUT2D eigenvalue weighted by atomic mass is 35.5. The Balaban J connectivity index is 1.66. The van der Waals surface area contributed by atoms with Gasteiger partial charge in [-0.15, -0.1) is 0 Å². The van der Waals surface area contributed by atoms with Crippen LogP contribution in [0.25, 0.3) is 11.4 Å². The summed E-state index contributed by atoms with van der Waals surface area (Å²) >= 11 is 6.15. The van der Waals surface area contributed by atoms with Gasteiger partial charge in [0, 0.05) is 25.7 Å². The molecule has 1 fully saturated rings. The average molecular weight is 427 g/mol. The van der Waals surface area contributed by atoms with Crippen molar-refractivity contribution in [3.63, 3.8) is 0 Å². The number of nitrogens with zero attached hydrogens (tertiary/aromatic N) is 4. The molecular weight excluding hydrogens is 404 g/mol. The maximum absolute atomic E-state index is 12.8. The van der Waals surface area contributed by atoms with E-state index in [1.54, 1.807) is 26.1 Å². The Labute approximate surface area is 169 Å². The Morgan fingerprint density at radius 1 is 1.39 bits per heavy atom. The molecule has 1 aromatic carbocycles. The molecule has 0 N–H and O–H groups in total. The summed E-state index contributed by atoms with van der Waals surface area (Å²) in [5.74, 6) is 0.190. The van der Waals surface area contributed by atoms with E-state index in [0.29, 0.717) is 41.7 Å². The lowest BCUT2D eigenvalue weighted by atomic mass is 9.98. The standard InChI is InChI=1S/C18H23ClN4O4S/c1-3-28(25,26)23-10-6-7-13(11-23)18(24)22(2)12-16-20-17(21-27-16)14-8-4-5-9-15(14)19/h4-5,8-9,13H,3,6-7,10-12H2,1-2H3/t13-/m1/s1. The van der Waals surface area contributed by atoms with Gasteiger partial charge in [0.1, 0.15) is 0 Å². The van der Waals surface area contributed by atoms with Gasteiger partial charge in [-0.1, -0.05) is 28.9 Å². The normalized spacial score (nSPS) is 18.2. The van der Waals surface area contributed by atoms with Crippen LogP contribution in [0, 0.1) is 5.92 Å². The maximum Gasteiger partial charge on any atom is 0.246 e. The van der Waals surface area contributed by atoms with Crippen molar-refractivity contribution >= 4 is 27.5 Å². The minimum atomic E-state index is -3.29. The summed E-state index contributed by atoms with van der Waals surface area (Å²) < 4.78 is 30.9. The minimum absolute atomic E-state index is 0.0383. The zero-order valence-corrected chi connectivity index (χ0v) is 17.4. The summed E-state index contributed by atoms with van der Waals surface area (Å²) in [4.78, 5) is 18.6. The van der Waals surface area contributed by atoms with Crippen LogP contribution in [0.15, 0.2) is 28.8 Å². The second-order valence-corrected chi connectivity index (χ2v) is 9.45. The van der Waals surface area contributed by atoms with Crippen molar-refractivity contribution in [1.29, 1.82) is 0 Å². The van der Waals surface area contributed by atoms with Crippen LogP contribution in [0.5, 0.6) is 0 Å². The van der Waals surface area contributed by atoms with E-state index in [-0.39, 0.29) is 30.7 Å². The van der Waals surface area contributed by atoms with Crippen LogP contribution in [0.3, 0.4) is 0 Å². The van der Waals surface area contributed by atoms with E-state index in [1.807, 2.05) is 12.1 Å². The molecule has 8 nitrogen and oxygen atoms in total. The number of hydrogen-bond donors (Lipinski definition) is 0. The lowest BCUT2D eigenvalue weighted by Gasteiger charge is -2.32. The lowest BCUT2D eigenvalue weighted by Crippen LogP contribution is -2.46. The molecule has 0 aliphatic carbocycles. The van der Waals surface area contributed by atoms with Crippen LogP contribution in [-0.2, 0) is 21.4 Å². The van der Waals surface area contributed by atoms with Crippen molar-refractivity contribution in [2.24, 2.45) is 5.92 Å². The molecule has 0 bridgehead atoms. The van der Waals surface area contributed by atoms with Crippen LogP contribution in [0.2, 0.25) is 5.02 Å². The summed E-state index contributed by atoms with van der Waals surface area (Å²) in [5.41, 5.74) is 0.654. The molecule has 152 valence electrons. The molecule has 3 rings (SSSR count). The summed E-state index contributed by atoms with van der Waals surface area (Å²) in [5, 5.41) is 4.44. The predicted molar refractivity (Wildman–Crippen MR) is 105 cm³/mol. The number of hydrogen-bond acceptors (Lipinski definition) is 6. The maximum atomic E-state index is 12.8. The van der Waals surface area contributed by atoms with Gasteiger partial charge in [-0.2, -0.15) is 4.98 Å². The number of sulfonamides is 1. The number of carbonyl (C=O) groups excluding carboxylic acids is 1. The lowest BCUT2D eigenvalue weighted by molar-refractivity contribution is -0.136. The third kappa shape index (κ3) is 4.53. The van der Waals surface area contributed by atoms with Gasteiger partial charge in [0.2, 0.25) is 27.6 Å². The first kappa shape index (κ1) is 20.8. The van der Waals surface area contributed by atoms with E-state index >= 15 is 0 Å². The van der Waals surface area contributed by atoms with E-state index in [4.69, 9.17) is 16.1 Å². The number of benzene rings is 1. The van der Waals surface area contributed by atoms with E-state index < -0.39 is 10.0 Å². The summed E-state index contributed by atoms with van der Waals surface area (Å²) in [7, 11) is -1.65.